The standard InChI is InChI=1S/C16H22N2O4/c1-2-18(9-13-10-22-11-14(19)16(13)21)15(20)6-5-12-4-3-7-17-8-12/h3-8,13-14,16,19,21H,2,9-11H2,1H3/b6-5+/t13-,14-,16+/m1/s1. The minimum absolute atomic E-state index is 0.138. The van der Waals surface area contributed by atoms with E-state index < -0.39 is 12.2 Å². The van der Waals surface area contributed by atoms with Crippen molar-refractivity contribution in [2.75, 3.05) is 26.3 Å². The van der Waals surface area contributed by atoms with Crippen LogP contribution in [0.2, 0.25) is 0 Å². The van der Waals surface area contributed by atoms with Gasteiger partial charge in [-0.2, -0.15) is 0 Å². The number of pyridine rings is 1. The number of nitrogens with zero attached hydrogens (tertiary/aromatic N) is 2. The van der Waals surface area contributed by atoms with E-state index in [0.29, 0.717) is 19.7 Å². The third-order valence-corrected chi connectivity index (χ3v) is 3.75. The van der Waals surface area contributed by atoms with Gasteiger partial charge in [0.2, 0.25) is 5.91 Å². The molecule has 1 aromatic heterocycles. The van der Waals surface area contributed by atoms with Crippen molar-refractivity contribution in [1.82, 2.24) is 9.88 Å². The van der Waals surface area contributed by atoms with Crippen molar-refractivity contribution in [3.8, 4) is 0 Å². The average molecular weight is 306 g/mol. The highest BCUT2D eigenvalue weighted by molar-refractivity contribution is 5.91. The Kier molecular flexibility index (Phi) is 6.06. The molecule has 0 saturated carbocycles. The number of rotatable bonds is 5. The van der Waals surface area contributed by atoms with Crippen LogP contribution in [0.5, 0.6) is 0 Å². The molecule has 6 heteroatoms. The van der Waals surface area contributed by atoms with Gasteiger partial charge >= 0.3 is 0 Å². The van der Waals surface area contributed by atoms with Crippen LogP contribution in [0.4, 0.5) is 0 Å². The van der Waals surface area contributed by atoms with Crippen molar-refractivity contribution in [1.29, 1.82) is 0 Å². The summed E-state index contributed by atoms with van der Waals surface area (Å²) in [6, 6.07) is 3.67. The van der Waals surface area contributed by atoms with Crippen molar-refractivity contribution in [3.05, 3.63) is 36.2 Å². The first kappa shape index (κ1) is 16.6. The lowest BCUT2D eigenvalue weighted by Gasteiger charge is -2.34. The summed E-state index contributed by atoms with van der Waals surface area (Å²) in [5, 5.41) is 19.6. The lowest BCUT2D eigenvalue weighted by molar-refractivity contribution is -0.138. The maximum Gasteiger partial charge on any atom is 0.246 e. The van der Waals surface area contributed by atoms with Gasteiger partial charge in [-0.15, -0.1) is 0 Å². The van der Waals surface area contributed by atoms with Crippen molar-refractivity contribution < 1.29 is 19.7 Å². The fourth-order valence-corrected chi connectivity index (χ4v) is 2.42. The fourth-order valence-electron chi connectivity index (χ4n) is 2.42. The second-order valence-corrected chi connectivity index (χ2v) is 5.35. The van der Waals surface area contributed by atoms with Gasteiger partial charge in [-0.1, -0.05) is 6.07 Å². The quantitative estimate of drug-likeness (QED) is 0.765. The Labute approximate surface area is 130 Å². The van der Waals surface area contributed by atoms with Gasteiger partial charge in [0.1, 0.15) is 6.10 Å². The van der Waals surface area contributed by atoms with Gasteiger partial charge in [0, 0.05) is 37.5 Å². The van der Waals surface area contributed by atoms with E-state index in [9.17, 15) is 15.0 Å². The first-order chi connectivity index (χ1) is 10.6. The highest BCUT2D eigenvalue weighted by Crippen LogP contribution is 2.17. The zero-order chi connectivity index (χ0) is 15.9. The van der Waals surface area contributed by atoms with Crippen LogP contribution in [-0.4, -0.2) is 64.5 Å². The van der Waals surface area contributed by atoms with Gasteiger partial charge in [-0.3, -0.25) is 9.78 Å². The van der Waals surface area contributed by atoms with Crippen LogP contribution in [0, 0.1) is 5.92 Å². The second kappa shape index (κ2) is 8.03. The zero-order valence-corrected chi connectivity index (χ0v) is 12.6. The largest absolute Gasteiger partial charge is 0.390 e. The summed E-state index contributed by atoms with van der Waals surface area (Å²) < 4.78 is 5.24. The van der Waals surface area contributed by atoms with Gasteiger partial charge < -0.3 is 19.8 Å². The van der Waals surface area contributed by atoms with Crippen molar-refractivity contribution in [2.24, 2.45) is 5.92 Å². The molecule has 2 heterocycles. The summed E-state index contributed by atoms with van der Waals surface area (Å²) in [6.07, 6.45) is 4.80. The van der Waals surface area contributed by atoms with E-state index in [2.05, 4.69) is 4.98 Å². The molecule has 0 aromatic carbocycles. The summed E-state index contributed by atoms with van der Waals surface area (Å²) in [5.74, 6) is -0.418. The fraction of sp³-hybridized carbons (Fsp3) is 0.500. The minimum atomic E-state index is -0.890. The molecule has 1 aliphatic rings. The van der Waals surface area contributed by atoms with Crippen LogP contribution in [0.1, 0.15) is 12.5 Å². The van der Waals surface area contributed by atoms with Crippen LogP contribution in [0.25, 0.3) is 6.08 Å². The van der Waals surface area contributed by atoms with Gasteiger partial charge in [0.05, 0.1) is 19.3 Å². The molecule has 1 aromatic rings. The van der Waals surface area contributed by atoms with Gasteiger partial charge in [0.25, 0.3) is 0 Å². The molecule has 2 N–H and O–H groups in total. The molecular formula is C16H22N2O4. The zero-order valence-electron chi connectivity index (χ0n) is 12.6. The monoisotopic (exact) mass is 306 g/mol. The molecule has 0 radical (unpaired) electrons. The number of carbonyl (C=O) groups is 1. The van der Waals surface area contributed by atoms with E-state index in [-0.39, 0.29) is 18.4 Å². The van der Waals surface area contributed by atoms with Gasteiger partial charge in [0.15, 0.2) is 0 Å². The van der Waals surface area contributed by atoms with Crippen LogP contribution < -0.4 is 0 Å². The Hall–Kier alpha value is -1.76. The Morgan fingerprint density at radius 3 is 3.00 bits per heavy atom. The summed E-state index contributed by atoms with van der Waals surface area (Å²) in [5.41, 5.74) is 0.850. The van der Waals surface area contributed by atoms with Gasteiger partial charge in [-0.25, -0.2) is 0 Å². The molecule has 2 rings (SSSR count). The second-order valence-electron chi connectivity index (χ2n) is 5.35. The third kappa shape index (κ3) is 4.37. The smallest absolute Gasteiger partial charge is 0.246 e. The molecule has 1 saturated heterocycles. The molecule has 1 amide bonds. The lowest BCUT2D eigenvalue weighted by Crippen LogP contribution is -2.49. The summed E-state index contributed by atoms with van der Waals surface area (Å²) >= 11 is 0. The van der Waals surface area contributed by atoms with Crippen LogP contribution in [-0.2, 0) is 9.53 Å². The van der Waals surface area contributed by atoms with Gasteiger partial charge in [-0.05, 0) is 24.6 Å². The van der Waals surface area contributed by atoms with Crippen LogP contribution in [0.3, 0.4) is 0 Å². The Morgan fingerprint density at radius 1 is 1.50 bits per heavy atom. The summed E-state index contributed by atoms with van der Waals surface area (Å²) in [6.45, 7) is 3.23. The number of ether oxygens (including phenoxy) is 1. The first-order valence-corrected chi connectivity index (χ1v) is 7.42. The topological polar surface area (TPSA) is 82.9 Å². The van der Waals surface area contributed by atoms with Crippen molar-refractivity contribution in [2.45, 2.75) is 19.1 Å². The molecule has 1 aliphatic heterocycles. The number of aliphatic hydroxyl groups excluding tert-OH is 2. The first-order valence-electron chi connectivity index (χ1n) is 7.42. The predicted octanol–water partition coefficient (Wildman–Crippen LogP) is 0.311. The maximum absolute atomic E-state index is 12.2. The Balaban J connectivity index is 1.95. The van der Waals surface area contributed by atoms with E-state index in [4.69, 9.17) is 4.74 Å². The van der Waals surface area contributed by atoms with Crippen molar-refractivity contribution >= 4 is 12.0 Å². The Bertz CT molecular complexity index is 506. The van der Waals surface area contributed by atoms with E-state index in [1.165, 1.54) is 6.08 Å². The average Bonchev–Trinajstić information content (AvgIpc) is 2.55. The maximum atomic E-state index is 12.2. The predicted molar refractivity (Wildman–Crippen MR) is 81.8 cm³/mol. The normalized spacial score (nSPS) is 25.3. The number of amides is 1. The van der Waals surface area contributed by atoms with Crippen LogP contribution in [0.15, 0.2) is 30.6 Å². The molecular weight excluding hydrogens is 284 g/mol. The summed E-state index contributed by atoms with van der Waals surface area (Å²) in [7, 11) is 0. The molecule has 0 aliphatic carbocycles. The molecule has 6 nitrogen and oxygen atoms in total. The lowest BCUT2D eigenvalue weighted by atomic mass is 9.96. The van der Waals surface area contributed by atoms with E-state index >= 15 is 0 Å². The molecule has 22 heavy (non-hydrogen) atoms. The third-order valence-electron chi connectivity index (χ3n) is 3.75. The highest BCUT2D eigenvalue weighted by Gasteiger charge is 2.32. The number of hydrogen-bond donors (Lipinski definition) is 2. The molecule has 0 bridgehead atoms. The summed E-state index contributed by atoms with van der Waals surface area (Å²) in [4.78, 5) is 17.9. The molecule has 0 unspecified atom stereocenters. The number of aliphatic hydroxyl groups is 2. The highest BCUT2D eigenvalue weighted by atomic mass is 16.5. The number of hydrogen-bond acceptors (Lipinski definition) is 5. The minimum Gasteiger partial charge on any atom is -0.390 e. The van der Waals surface area contributed by atoms with Crippen LogP contribution >= 0.6 is 0 Å². The number of carbonyl (C=O) groups excluding carboxylic acids is 1. The van der Waals surface area contributed by atoms with E-state index in [1.54, 1.807) is 29.4 Å². The van der Waals surface area contributed by atoms with Crippen molar-refractivity contribution in [3.63, 3.8) is 0 Å². The molecule has 120 valence electrons. The number of aromatic nitrogens is 1. The number of likely N-dealkylation sites (N-methyl/N-ethyl adjacent to an activating group) is 1. The molecule has 0 spiro atoms. The Morgan fingerprint density at radius 2 is 2.32 bits per heavy atom. The van der Waals surface area contributed by atoms with E-state index in [1.807, 2.05) is 13.0 Å². The SMILES string of the molecule is CCN(C[C@@H]1COC[C@@H](O)[C@H]1O)C(=O)/C=C/c1cccnc1. The van der Waals surface area contributed by atoms with E-state index in [0.717, 1.165) is 5.56 Å². The molecule has 3 atom stereocenters. The molecule has 1 fully saturated rings.